The average Bonchev–Trinajstić information content (AvgIpc) is 4.22. The Hall–Kier alpha value is -7.41. The van der Waals surface area contributed by atoms with Crippen LogP contribution in [0.15, 0.2) is 103 Å². The molecule has 6 amide bonds. The van der Waals surface area contributed by atoms with Crippen molar-refractivity contribution in [3.05, 3.63) is 131 Å². The van der Waals surface area contributed by atoms with Crippen LogP contribution in [-0.4, -0.2) is 103 Å². The van der Waals surface area contributed by atoms with E-state index in [1.807, 2.05) is 78.9 Å². The maximum Gasteiger partial charge on any atom is 0.407 e. The third-order valence-corrected chi connectivity index (χ3v) is 16.2. The monoisotopic (exact) mass is 1130 g/mol. The van der Waals surface area contributed by atoms with Crippen LogP contribution in [0.25, 0.3) is 11.1 Å². The molecular weight excluding hydrogens is 1060 g/mol. The molecule has 7 rings (SSSR count). The Bertz CT molecular complexity index is 2880. The number of hydrogen-bond acceptors (Lipinski definition) is 14. The highest BCUT2D eigenvalue weighted by molar-refractivity contribution is 7.53. The summed E-state index contributed by atoms with van der Waals surface area (Å²) in [5.41, 5.74) is 9.52. The summed E-state index contributed by atoms with van der Waals surface area (Å²) in [5, 5.41) is 11.3. The van der Waals surface area contributed by atoms with E-state index in [1.54, 1.807) is 65.8 Å². The Morgan fingerprint density at radius 3 is 1.81 bits per heavy atom. The van der Waals surface area contributed by atoms with Crippen LogP contribution in [0, 0.1) is 10.8 Å². The first kappa shape index (κ1) is 61.2. The molecule has 2 saturated heterocycles. The Balaban J connectivity index is 1.08. The van der Waals surface area contributed by atoms with Crippen LogP contribution in [0.5, 0.6) is 0 Å². The van der Waals surface area contributed by atoms with E-state index in [-0.39, 0.29) is 57.0 Å². The molecule has 4 aromatic rings. The van der Waals surface area contributed by atoms with Crippen molar-refractivity contribution in [2.45, 2.75) is 148 Å². The number of fused-ring (bicyclic) bond motifs is 4. The standard InChI is InChI=1S/C60H75N6O14P/c1-59(2,3)56(72)77-36-79-81(75,80-37-78-57(73)60(4,5)6)35-40-26-24-38(25-27-40)32-49(65-58(74)76-34-46-44-21-13-11-19-42(44)43-20-12-14-22-45(43)46)53(69)64-48-23-15-10-18-41-28-30-50(66(41)55(48)71)54(70)63-47(29-31-51(61)67)52(68)62-33-39-16-8-7-9-17-39/h7-9,11-14,16-17,19-22,24-27,41,46-50H,10,15,18,23,28-37H2,1-6H3,(H2,61,67)(H,62,68)(H,63,70)(H,64,69)(H,65,74)/t41?,47-,48-,49-,50-/m0/s1. The van der Waals surface area contributed by atoms with Crippen molar-refractivity contribution in [1.82, 2.24) is 26.2 Å². The Labute approximate surface area is 472 Å². The number of nitrogens with one attached hydrogen (secondary N) is 4. The second kappa shape index (κ2) is 27.4. The lowest BCUT2D eigenvalue weighted by atomic mass is 9.98. The lowest BCUT2D eigenvalue weighted by Crippen LogP contribution is -2.60. The molecule has 0 bridgehead atoms. The molecule has 2 fully saturated rings. The molecule has 2 aliphatic heterocycles. The fourth-order valence-electron chi connectivity index (χ4n) is 10.0. The van der Waals surface area contributed by atoms with Crippen molar-refractivity contribution in [3.63, 3.8) is 0 Å². The lowest BCUT2D eigenvalue weighted by molar-refractivity contribution is -0.162. The van der Waals surface area contributed by atoms with Gasteiger partial charge in [0.2, 0.25) is 43.1 Å². The molecule has 81 heavy (non-hydrogen) atoms. The predicted molar refractivity (Wildman–Crippen MR) is 299 cm³/mol. The smallest absolute Gasteiger partial charge is 0.407 e. The number of nitrogens with zero attached hydrogens (tertiary/aromatic N) is 1. The molecule has 4 aromatic carbocycles. The molecule has 3 aliphatic rings. The number of carbonyl (C=O) groups is 8. The average molecular weight is 1140 g/mol. The predicted octanol–water partition coefficient (Wildman–Crippen LogP) is 7.44. The van der Waals surface area contributed by atoms with E-state index in [1.165, 1.54) is 4.90 Å². The van der Waals surface area contributed by atoms with Crippen molar-refractivity contribution in [3.8, 4) is 11.1 Å². The molecule has 21 heteroatoms. The number of benzene rings is 4. The number of alkyl carbamates (subject to hydrolysis) is 1. The first-order valence-corrected chi connectivity index (χ1v) is 29.2. The molecule has 0 saturated carbocycles. The molecule has 2 heterocycles. The van der Waals surface area contributed by atoms with E-state index in [2.05, 4.69) is 21.3 Å². The van der Waals surface area contributed by atoms with Crippen LogP contribution < -0.4 is 27.0 Å². The molecular formula is C60H75N6O14P. The summed E-state index contributed by atoms with van der Waals surface area (Å²) in [4.78, 5) is 110. The minimum absolute atomic E-state index is 0.0448. The summed E-state index contributed by atoms with van der Waals surface area (Å²) in [5.74, 6) is -4.46. The van der Waals surface area contributed by atoms with E-state index >= 15 is 0 Å². The maximum absolute atomic E-state index is 14.8. The summed E-state index contributed by atoms with van der Waals surface area (Å²) in [6.45, 7) is 8.58. The summed E-state index contributed by atoms with van der Waals surface area (Å²) in [6, 6.07) is 26.6. The third kappa shape index (κ3) is 16.8. The van der Waals surface area contributed by atoms with Gasteiger partial charge in [-0.15, -0.1) is 0 Å². The summed E-state index contributed by atoms with van der Waals surface area (Å²) in [6.07, 6.45) is 1.33. The van der Waals surface area contributed by atoms with Gasteiger partial charge in [0.1, 0.15) is 30.8 Å². The summed E-state index contributed by atoms with van der Waals surface area (Å²) in [7, 11) is -4.17. The van der Waals surface area contributed by atoms with Gasteiger partial charge in [0.05, 0.1) is 17.0 Å². The van der Waals surface area contributed by atoms with E-state index in [9.17, 15) is 42.9 Å². The van der Waals surface area contributed by atoms with Crippen molar-refractivity contribution in [2.24, 2.45) is 16.6 Å². The van der Waals surface area contributed by atoms with Gasteiger partial charge in [-0.25, -0.2) is 4.79 Å². The second-order valence-corrected chi connectivity index (χ2v) is 24.8. The van der Waals surface area contributed by atoms with Crippen molar-refractivity contribution >= 4 is 55.2 Å². The molecule has 6 N–H and O–H groups in total. The van der Waals surface area contributed by atoms with Gasteiger partial charge >= 0.3 is 25.6 Å². The number of hydrogen-bond donors (Lipinski definition) is 5. The quantitative estimate of drug-likeness (QED) is 0.0209. The number of rotatable bonds is 23. The van der Waals surface area contributed by atoms with Crippen LogP contribution >= 0.6 is 7.60 Å². The van der Waals surface area contributed by atoms with Crippen LogP contribution in [0.1, 0.15) is 127 Å². The van der Waals surface area contributed by atoms with Gasteiger partial charge in [-0.2, -0.15) is 0 Å². The Morgan fingerprint density at radius 1 is 0.654 bits per heavy atom. The molecule has 1 unspecified atom stereocenters. The fourth-order valence-corrected chi connectivity index (χ4v) is 11.4. The van der Waals surface area contributed by atoms with Gasteiger partial charge < -0.3 is 46.1 Å². The van der Waals surface area contributed by atoms with Gasteiger partial charge in [0, 0.05) is 31.3 Å². The van der Waals surface area contributed by atoms with Crippen LogP contribution in [0.2, 0.25) is 0 Å². The highest BCUT2D eigenvalue weighted by Crippen LogP contribution is 2.52. The van der Waals surface area contributed by atoms with Gasteiger partial charge in [-0.3, -0.25) is 47.2 Å². The number of primary amides is 1. The summed E-state index contributed by atoms with van der Waals surface area (Å²) < 4.78 is 41.6. The zero-order valence-corrected chi connectivity index (χ0v) is 47.8. The molecule has 0 aromatic heterocycles. The normalized spacial score (nSPS) is 17.9. The van der Waals surface area contributed by atoms with Gasteiger partial charge in [0.15, 0.2) is 0 Å². The fraction of sp³-hybridized carbons (Fsp3) is 0.467. The highest BCUT2D eigenvalue weighted by atomic mass is 31.2. The Morgan fingerprint density at radius 2 is 1.22 bits per heavy atom. The number of ether oxygens (including phenoxy) is 3. The van der Waals surface area contributed by atoms with Crippen LogP contribution in [0.4, 0.5) is 4.79 Å². The van der Waals surface area contributed by atoms with Crippen molar-refractivity contribution < 1.29 is 66.2 Å². The zero-order chi connectivity index (χ0) is 58.5. The second-order valence-electron chi connectivity index (χ2n) is 22.8. The molecule has 0 spiro atoms. The topological polar surface area (TPSA) is 277 Å². The van der Waals surface area contributed by atoms with Gasteiger partial charge in [-0.1, -0.05) is 116 Å². The van der Waals surface area contributed by atoms with Gasteiger partial charge in [0.25, 0.3) is 0 Å². The number of amides is 6. The van der Waals surface area contributed by atoms with E-state index < -0.39 is 104 Å². The molecule has 1 aliphatic carbocycles. The first-order chi connectivity index (χ1) is 38.5. The SMILES string of the molecule is CC(C)(C)C(=O)OCOP(=O)(Cc1ccc(C[C@H](NC(=O)OCC2c3ccccc3-c3ccccc32)C(=O)N[C@H]2CCCCC3CC[C@@H](C(=O)N[C@@H](CCC(N)=O)C(=O)NCc4ccccc4)N3C2=O)cc1)OCOC(=O)C(C)(C)C. The minimum Gasteiger partial charge on any atom is -0.449 e. The van der Waals surface area contributed by atoms with E-state index in [4.69, 9.17) is 29.0 Å². The Kier molecular flexibility index (Phi) is 20.7. The van der Waals surface area contributed by atoms with Crippen molar-refractivity contribution in [1.29, 1.82) is 0 Å². The number of nitrogens with two attached hydrogens (primary N) is 1. The third-order valence-electron chi connectivity index (χ3n) is 14.5. The van der Waals surface area contributed by atoms with Crippen LogP contribution in [-0.2, 0) is 80.5 Å². The molecule has 20 nitrogen and oxygen atoms in total. The molecule has 0 radical (unpaired) electrons. The molecule has 5 atom stereocenters. The van der Waals surface area contributed by atoms with Crippen molar-refractivity contribution in [2.75, 3.05) is 20.2 Å². The number of esters is 2. The lowest BCUT2D eigenvalue weighted by Gasteiger charge is -2.36. The highest BCUT2D eigenvalue weighted by Gasteiger charge is 2.45. The van der Waals surface area contributed by atoms with E-state index in [0.717, 1.165) is 27.8 Å². The number of carbonyl (C=O) groups excluding carboxylic acids is 8. The van der Waals surface area contributed by atoms with E-state index in [0.29, 0.717) is 43.2 Å². The maximum atomic E-state index is 14.8. The molecule has 434 valence electrons. The minimum atomic E-state index is -4.17. The van der Waals surface area contributed by atoms with Gasteiger partial charge in [-0.05, 0) is 113 Å². The zero-order valence-electron chi connectivity index (χ0n) is 46.9. The largest absolute Gasteiger partial charge is 0.449 e. The summed E-state index contributed by atoms with van der Waals surface area (Å²) >= 11 is 0. The van der Waals surface area contributed by atoms with Crippen LogP contribution in [0.3, 0.4) is 0 Å². The first-order valence-electron chi connectivity index (χ1n) is 27.4.